The van der Waals surface area contributed by atoms with E-state index < -0.39 is 0 Å². The zero-order valence-corrected chi connectivity index (χ0v) is 14.5. The van der Waals surface area contributed by atoms with Crippen LogP contribution in [0.1, 0.15) is 37.0 Å². The van der Waals surface area contributed by atoms with Crippen LogP contribution in [0.25, 0.3) is 5.76 Å². The van der Waals surface area contributed by atoms with Crippen LogP contribution in [0, 0.1) is 0 Å². The Morgan fingerprint density at radius 1 is 1.48 bits per heavy atom. The zero-order valence-electron chi connectivity index (χ0n) is 12.9. The highest BCUT2D eigenvalue weighted by Gasteiger charge is 2.16. The van der Waals surface area contributed by atoms with Crippen molar-refractivity contribution >= 4 is 45.4 Å². The molecule has 3 nitrogen and oxygen atoms in total. The number of methoxy groups -OCH3 is 1. The summed E-state index contributed by atoms with van der Waals surface area (Å²) in [6, 6.07) is 3.98. The summed E-state index contributed by atoms with van der Waals surface area (Å²) >= 11 is 11.5. The van der Waals surface area contributed by atoms with Gasteiger partial charge in [0.2, 0.25) is 0 Å². The van der Waals surface area contributed by atoms with Gasteiger partial charge in [0.25, 0.3) is 0 Å². The van der Waals surface area contributed by atoms with Gasteiger partial charge in [-0.25, -0.2) is 0 Å². The van der Waals surface area contributed by atoms with E-state index in [1.807, 2.05) is 19.1 Å². The second-order valence-electron chi connectivity index (χ2n) is 4.63. The van der Waals surface area contributed by atoms with Gasteiger partial charge >= 0.3 is 0 Å². The van der Waals surface area contributed by atoms with Crippen molar-refractivity contribution in [1.82, 2.24) is 0 Å². The van der Waals surface area contributed by atoms with Crippen molar-refractivity contribution in [3.8, 4) is 0 Å². The van der Waals surface area contributed by atoms with Crippen LogP contribution in [0.3, 0.4) is 0 Å². The fourth-order valence-electron chi connectivity index (χ4n) is 2.09. The lowest BCUT2D eigenvalue weighted by Crippen LogP contribution is -2.11. The number of rotatable bonds is 6. The summed E-state index contributed by atoms with van der Waals surface area (Å²) in [4.78, 5) is 4.78. The van der Waals surface area contributed by atoms with Crippen molar-refractivity contribution in [1.29, 1.82) is 0 Å². The third kappa shape index (κ3) is 4.55. The van der Waals surface area contributed by atoms with Gasteiger partial charge in [-0.1, -0.05) is 43.7 Å². The lowest BCUT2D eigenvalue weighted by molar-refractivity contribution is 0.371. The molecule has 0 aromatic heterocycles. The molecule has 1 aromatic carbocycles. The Hall–Kier alpha value is -1.39. The van der Waals surface area contributed by atoms with Crippen LogP contribution in [-0.4, -0.2) is 24.3 Å². The molecule has 1 rings (SSSR count). The van der Waals surface area contributed by atoms with Crippen molar-refractivity contribution in [3.63, 3.8) is 0 Å². The number of benzene rings is 1. The van der Waals surface area contributed by atoms with Gasteiger partial charge < -0.3 is 10.1 Å². The molecule has 5 heteroatoms. The normalized spacial score (nSPS) is 11.2. The summed E-state index contributed by atoms with van der Waals surface area (Å²) in [5, 5.41) is 3.64. The van der Waals surface area contributed by atoms with E-state index in [0.29, 0.717) is 15.9 Å². The monoisotopic (exact) mass is 324 g/mol. The van der Waals surface area contributed by atoms with Crippen LogP contribution in [0.2, 0.25) is 0 Å². The van der Waals surface area contributed by atoms with Gasteiger partial charge in [0, 0.05) is 18.2 Å². The third-order valence-electron chi connectivity index (χ3n) is 3.02. The minimum absolute atomic E-state index is 0.465. The Morgan fingerprint density at radius 3 is 2.62 bits per heavy atom. The van der Waals surface area contributed by atoms with Crippen LogP contribution in [0.5, 0.6) is 0 Å². The highest BCUT2D eigenvalue weighted by molar-refractivity contribution is 7.80. The first-order valence-corrected chi connectivity index (χ1v) is 7.53. The smallest absolute Gasteiger partial charge is 0.132 e. The van der Waals surface area contributed by atoms with E-state index in [4.69, 9.17) is 28.6 Å². The van der Waals surface area contributed by atoms with Gasteiger partial charge in [0.1, 0.15) is 10.9 Å². The molecule has 0 amide bonds. The maximum atomic E-state index is 6.30. The summed E-state index contributed by atoms with van der Waals surface area (Å²) in [5.74, 6) is 0.605. The Bertz CT molecular complexity index is 582. The number of aryl methyl sites for hydroxylation is 1. The average Bonchev–Trinajstić information content (AvgIpc) is 2.45. The van der Waals surface area contributed by atoms with E-state index >= 15 is 0 Å². The zero-order chi connectivity index (χ0) is 16.0. The van der Waals surface area contributed by atoms with Gasteiger partial charge in [-0.2, -0.15) is 0 Å². The lowest BCUT2D eigenvalue weighted by atomic mass is 9.97. The van der Waals surface area contributed by atoms with Crippen molar-refractivity contribution in [2.24, 2.45) is 4.99 Å². The van der Waals surface area contributed by atoms with Crippen LogP contribution in [0.4, 0.5) is 5.69 Å². The number of hydrogen-bond acceptors (Lipinski definition) is 3. The molecule has 0 heterocycles. The molecule has 0 atom stereocenters. The molecule has 0 aliphatic rings. The fraction of sp³-hybridized carbons (Fsp3) is 0.375. The maximum Gasteiger partial charge on any atom is 0.132 e. The molecule has 1 aromatic rings. The van der Waals surface area contributed by atoms with Gasteiger partial charge in [-0.15, -0.1) is 0 Å². The molecule has 0 bridgehead atoms. The third-order valence-corrected chi connectivity index (χ3v) is 3.48. The van der Waals surface area contributed by atoms with Gasteiger partial charge in [0.15, 0.2) is 0 Å². The van der Waals surface area contributed by atoms with E-state index in [0.717, 1.165) is 35.2 Å². The number of ether oxygens (including phenoxy) is 1. The van der Waals surface area contributed by atoms with Crippen molar-refractivity contribution in [3.05, 3.63) is 35.4 Å². The highest BCUT2D eigenvalue weighted by atomic mass is 35.5. The number of hydrogen-bond donors (Lipinski definition) is 1. The van der Waals surface area contributed by atoms with Crippen LogP contribution in [0.15, 0.2) is 23.7 Å². The molecule has 0 saturated carbocycles. The molecule has 0 saturated heterocycles. The lowest BCUT2D eigenvalue weighted by Gasteiger charge is -2.17. The second-order valence-corrected chi connectivity index (χ2v) is 5.60. The van der Waals surface area contributed by atoms with E-state index in [9.17, 15) is 0 Å². The average molecular weight is 325 g/mol. The molecular weight excluding hydrogens is 304 g/mol. The first-order chi connectivity index (χ1) is 9.94. The predicted octanol–water partition coefficient (Wildman–Crippen LogP) is 4.63. The Balaban J connectivity index is 3.56. The van der Waals surface area contributed by atoms with E-state index in [2.05, 4.69) is 23.8 Å². The minimum atomic E-state index is 0.465. The molecule has 114 valence electrons. The molecule has 0 aliphatic heterocycles. The van der Waals surface area contributed by atoms with Gasteiger partial charge in [-0.3, -0.25) is 4.99 Å². The number of anilines is 1. The van der Waals surface area contributed by atoms with Crippen molar-refractivity contribution in [2.75, 3.05) is 19.5 Å². The number of aliphatic imine (C=N–C) groups is 1. The Labute approximate surface area is 137 Å². The number of nitrogens with zero attached hydrogens (tertiary/aromatic N) is 1. The van der Waals surface area contributed by atoms with Crippen molar-refractivity contribution in [2.45, 2.75) is 26.7 Å². The minimum Gasteiger partial charge on any atom is -0.497 e. The Kier molecular flexibility index (Phi) is 6.85. The molecule has 21 heavy (non-hydrogen) atoms. The molecule has 0 unspecified atom stereocenters. The first kappa shape index (κ1) is 17.7. The fourth-order valence-corrected chi connectivity index (χ4v) is 2.42. The number of thiocarbonyl (C=S) groups is 1. The molecule has 0 spiro atoms. The van der Waals surface area contributed by atoms with Crippen LogP contribution >= 0.6 is 23.8 Å². The molecule has 0 aliphatic carbocycles. The van der Waals surface area contributed by atoms with Crippen molar-refractivity contribution < 1.29 is 4.74 Å². The predicted molar refractivity (Wildman–Crippen MR) is 96.7 cm³/mol. The second kappa shape index (κ2) is 8.15. The van der Waals surface area contributed by atoms with Crippen LogP contribution in [-0.2, 0) is 11.2 Å². The van der Waals surface area contributed by atoms with E-state index in [-0.39, 0.29) is 0 Å². The number of halogens is 1. The summed E-state index contributed by atoms with van der Waals surface area (Å²) in [7, 11) is 3.28. The summed E-state index contributed by atoms with van der Waals surface area (Å²) in [6.07, 6.45) is 1.89. The highest BCUT2D eigenvalue weighted by Crippen LogP contribution is 2.29. The van der Waals surface area contributed by atoms with Crippen LogP contribution < -0.4 is 5.32 Å². The standard InChI is InChI=1S/C16H21ClN2OS/c1-6-7-12-8-13(10(2)20-5)9-14(19-11(3)21)15(12)16(17)18-4/h8-9H,2,6-7H2,1,3-5H3,(H,19,21). The summed E-state index contributed by atoms with van der Waals surface area (Å²) < 4.78 is 5.24. The first-order valence-electron chi connectivity index (χ1n) is 6.75. The number of nitrogens with one attached hydrogen (secondary N) is 1. The SMILES string of the molecule is C=C(OC)c1cc(CCC)c(C(Cl)=NC)c(NC(C)=S)c1. The quantitative estimate of drug-likeness (QED) is 0.470. The maximum absolute atomic E-state index is 6.30. The molecular formula is C16H21ClN2OS. The topological polar surface area (TPSA) is 33.6 Å². The summed E-state index contributed by atoms with van der Waals surface area (Å²) in [5.41, 5.74) is 3.72. The van der Waals surface area contributed by atoms with Gasteiger partial charge in [-0.05, 0) is 31.0 Å². The summed E-state index contributed by atoms with van der Waals surface area (Å²) in [6.45, 7) is 7.86. The molecule has 0 fully saturated rings. The largest absolute Gasteiger partial charge is 0.497 e. The molecule has 1 N–H and O–H groups in total. The van der Waals surface area contributed by atoms with Gasteiger partial charge in [0.05, 0.1) is 17.8 Å². The van der Waals surface area contributed by atoms with E-state index in [1.165, 1.54) is 0 Å². The Morgan fingerprint density at radius 2 is 2.14 bits per heavy atom. The molecule has 0 radical (unpaired) electrons. The van der Waals surface area contributed by atoms with E-state index in [1.54, 1.807) is 14.2 Å².